The quantitative estimate of drug-likeness (QED) is 0.608. The summed E-state index contributed by atoms with van der Waals surface area (Å²) in [4.78, 5) is 15.8. The lowest BCUT2D eigenvalue weighted by molar-refractivity contribution is -0.0436. The third-order valence-electron chi connectivity index (χ3n) is 4.27. The number of rotatable bonds is 6. The van der Waals surface area contributed by atoms with Gasteiger partial charge in [0.05, 0.1) is 35.2 Å². The van der Waals surface area contributed by atoms with Crippen molar-refractivity contribution in [2.75, 3.05) is 11.9 Å². The Bertz CT molecular complexity index is 1220. The van der Waals surface area contributed by atoms with Crippen LogP contribution in [0.15, 0.2) is 58.6 Å². The van der Waals surface area contributed by atoms with Crippen molar-refractivity contribution in [3.05, 3.63) is 65.0 Å². The molecule has 2 heterocycles. The van der Waals surface area contributed by atoms with Crippen LogP contribution >= 0.6 is 0 Å². The first-order valence-electron chi connectivity index (χ1n) is 8.66. The summed E-state index contributed by atoms with van der Waals surface area (Å²) in [5.74, 6) is -0.453. The second-order valence-electron chi connectivity index (χ2n) is 6.24. The molecule has 2 N–H and O–H groups in total. The number of aromatic nitrogens is 3. The summed E-state index contributed by atoms with van der Waals surface area (Å²) in [6.45, 7) is 2.63. The van der Waals surface area contributed by atoms with Gasteiger partial charge >= 0.3 is 11.2 Å². The standard InChI is InChI=1S/C18H17F3N4O4S/c1-2-23-15-9-22-8-7-12(15)10-24-11-16(26)25(17(24)27)13-3-5-14(6-4-13)30(28,29)18(19,20)21/h3-9,11,23,26H,2,10H2,1H3. The van der Waals surface area contributed by atoms with Crippen molar-refractivity contribution < 1.29 is 26.7 Å². The minimum absolute atomic E-state index is 0.0130. The Hall–Kier alpha value is -3.28. The van der Waals surface area contributed by atoms with E-state index < -0.39 is 31.8 Å². The van der Waals surface area contributed by atoms with E-state index in [1.54, 1.807) is 18.5 Å². The number of nitrogens with zero attached hydrogens (tertiary/aromatic N) is 3. The van der Waals surface area contributed by atoms with Gasteiger partial charge < -0.3 is 10.4 Å². The summed E-state index contributed by atoms with van der Waals surface area (Å²) in [6.07, 6.45) is 4.33. The van der Waals surface area contributed by atoms with Crippen LogP contribution < -0.4 is 11.0 Å². The molecule has 3 aromatic rings. The van der Waals surface area contributed by atoms with Crippen molar-refractivity contribution in [2.45, 2.75) is 23.9 Å². The first kappa shape index (κ1) is 21.4. The summed E-state index contributed by atoms with van der Waals surface area (Å²) >= 11 is 0. The molecule has 12 heteroatoms. The molecular formula is C18H17F3N4O4S. The summed E-state index contributed by atoms with van der Waals surface area (Å²) in [7, 11) is -5.51. The molecule has 2 aromatic heterocycles. The summed E-state index contributed by atoms with van der Waals surface area (Å²) in [6, 6.07) is 5.19. The molecule has 0 aliphatic heterocycles. The number of alkyl halides is 3. The number of aromatic hydroxyl groups is 1. The number of anilines is 1. The summed E-state index contributed by atoms with van der Waals surface area (Å²) < 4.78 is 63.0. The predicted molar refractivity (Wildman–Crippen MR) is 102 cm³/mol. The van der Waals surface area contributed by atoms with Gasteiger partial charge in [0.2, 0.25) is 5.88 Å². The molecule has 160 valence electrons. The number of hydrogen-bond donors (Lipinski definition) is 2. The molecule has 0 amide bonds. The maximum absolute atomic E-state index is 12.7. The van der Waals surface area contributed by atoms with Crippen molar-refractivity contribution in [3.63, 3.8) is 0 Å². The SMILES string of the molecule is CCNc1cnccc1Cn1cc(O)n(-c2ccc(S(=O)(=O)C(F)(F)F)cc2)c1=O. The molecule has 0 aliphatic carbocycles. The van der Waals surface area contributed by atoms with Gasteiger partial charge in [0, 0.05) is 12.7 Å². The number of halogens is 3. The van der Waals surface area contributed by atoms with Crippen LogP contribution in [0.4, 0.5) is 18.9 Å². The van der Waals surface area contributed by atoms with E-state index in [1.807, 2.05) is 6.92 Å². The lowest BCUT2D eigenvalue weighted by Gasteiger charge is -2.10. The molecule has 0 bridgehead atoms. The molecule has 0 fully saturated rings. The highest BCUT2D eigenvalue weighted by Gasteiger charge is 2.46. The van der Waals surface area contributed by atoms with E-state index in [0.717, 1.165) is 34.4 Å². The molecule has 1 aromatic carbocycles. The molecule has 30 heavy (non-hydrogen) atoms. The molecule has 3 rings (SSSR count). The average Bonchev–Trinajstić information content (AvgIpc) is 2.96. The zero-order valence-corrected chi connectivity index (χ0v) is 16.4. The van der Waals surface area contributed by atoms with Crippen molar-refractivity contribution in [1.29, 1.82) is 0 Å². The molecule has 0 unspecified atom stereocenters. The van der Waals surface area contributed by atoms with Gasteiger partial charge in [-0.3, -0.25) is 9.55 Å². The van der Waals surface area contributed by atoms with E-state index in [0.29, 0.717) is 12.2 Å². The van der Waals surface area contributed by atoms with Gasteiger partial charge in [0.1, 0.15) is 0 Å². The normalized spacial score (nSPS) is 12.1. The van der Waals surface area contributed by atoms with Crippen molar-refractivity contribution >= 4 is 15.5 Å². The second kappa shape index (κ2) is 7.86. The van der Waals surface area contributed by atoms with Crippen LogP contribution in [-0.4, -0.2) is 39.7 Å². The smallest absolute Gasteiger partial charge is 0.493 e. The van der Waals surface area contributed by atoms with Crippen LogP contribution in [0.5, 0.6) is 5.88 Å². The van der Waals surface area contributed by atoms with Crippen molar-refractivity contribution in [3.8, 4) is 11.6 Å². The van der Waals surface area contributed by atoms with E-state index in [-0.39, 0.29) is 12.2 Å². The Labute approximate surface area is 169 Å². The number of nitrogens with one attached hydrogen (secondary N) is 1. The van der Waals surface area contributed by atoms with E-state index in [4.69, 9.17) is 0 Å². The first-order valence-corrected chi connectivity index (χ1v) is 10.1. The molecule has 0 atom stereocenters. The monoisotopic (exact) mass is 442 g/mol. The Morgan fingerprint density at radius 3 is 2.43 bits per heavy atom. The van der Waals surface area contributed by atoms with Crippen LogP contribution in [0.25, 0.3) is 5.69 Å². The Kier molecular flexibility index (Phi) is 5.61. The van der Waals surface area contributed by atoms with Crippen LogP contribution in [0, 0.1) is 0 Å². The van der Waals surface area contributed by atoms with Gasteiger partial charge in [-0.15, -0.1) is 0 Å². The van der Waals surface area contributed by atoms with Gasteiger partial charge in [0.25, 0.3) is 9.84 Å². The number of pyridine rings is 1. The highest BCUT2D eigenvalue weighted by molar-refractivity contribution is 7.92. The Balaban J connectivity index is 1.96. The minimum atomic E-state index is -5.51. The lowest BCUT2D eigenvalue weighted by Crippen LogP contribution is -2.24. The van der Waals surface area contributed by atoms with Crippen LogP contribution in [-0.2, 0) is 16.4 Å². The summed E-state index contributed by atoms with van der Waals surface area (Å²) in [5.41, 5.74) is -4.64. The van der Waals surface area contributed by atoms with Gasteiger partial charge in [-0.25, -0.2) is 17.8 Å². The fourth-order valence-electron chi connectivity index (χ4n) is 2.84. The fourth-order valence-corrected chi connectivity index (χ4v) is 3.60. The zero-order valence-electron chi connectivity index (χ0n) is 15.6. The zero-order chi connectivity index (χ0) is 22.1. The number of imidazole rings is 1. The number of benzene rings is 1. The Morgan fingerprint density at radius 2 is 1.83 bits per heavy atom. The second-order valence-corrected chi connectivity index (χ2v) is 8.18. The maximum atomic E-state index is 12.7. The van der Waals surface area contributed by atoms with E-state index in [1.165, 1.54) is 10.8 Å². The van der Waals surface area contributed by atoms with Crippen LogP contribution in [0.1, 0.15) is 12.5 Å². The van der Waals surface area contributed by atoms with Gasteiger partial charge in [-0.1, -0.05) is 0 Å². The molecule has 0 spiro atoms. The third-order valence-corrected chi connectivity index (χ3v) is 5.77. The van der Waals surface area contributed by atoms with Crippen molar-refractivity contribution in [2.24, 2.45) is 0 Å². The molecule has 0 saturated heterocycles. The molecule has 8 nitrogen and oxygen atoms in total. The van der Waals surface area contributed by atoms with Crippen molar-refractivity contribution in [1.82, 2.24) is 14.1 Å². The van der Waals surface area contributed by atoms with Gasteiger partial charge in [-0.05, 0) is 42.8 Å². The largest absolute Gasteiger partial charge is 0.501 e. The first-order chi connectivity index (χ1) is 14.1. The molecule has 0 radical (unpaired) electrons. The summed E-state index contributed by atoms with van der Waals surface area (Å²) in [5, 5.41) is 13.3. The van der Waals surface area contributed by atoms with E-state index in [9.17, 15) is 31.5 Å². The van der Waals surface area contributed by atoms with Gasteiger partial charge in [0.15, 0.2) is 0 Å². The van der Waals surface area contributed by atoms with E-state index >= 15 is 0 Å². The fraction of sp³-hybridized carbons (Fsp3) is 0.222. The average molecular weight is 442 g/mol. The third kappa shape index (κ3) is 3.90. The lowest BCUT2D eigenvalue weighted by atomic mass is 10.2. The van der Waals surface area contributed by atoms with E-state index in [2.05, 4.69) is 10.3 Å². The Morgan fingerprint density at radius 1 is 1.17 bits per heavy atom. The molecule has 0 aliphatic rings. The number of hydrogen-bond acceptors (Lipinski definition) is 6. The highest BCUT2D eigenvalue weighted by Crippen LogP contribution is 2.30. The minimum Gasteiger partial charge on any atom is -0.493 e. The molecular weight excluding hydrogens is 425 g/mol. The van der Waals surface area contributed by atoms with Crippen LogP contribution in [0.3, 0.4) is 0 Å². The maximum Gasteiger partial charge on any atom is 0.501 e. The van der Waals surface area contributed by atoms with Gasteiger partial charge in [-0.2, -0.15) is 13.2 Å². The topological polar surface area (TPSA) is 106 Å². The number of sulfone groups is 1. The predicted octanol–water partition coefficient (Wildman–Crippen LogP) is 2.51. The van der Waals surface area contributed by atoms with Crippen LogP contribution in [0.2, 0.25) is 0 Å². The molecule has 0 saturated carbocycles. The highest BCUT2D eigenvalue weighted by atomic mass is 32.2.